The summed E-state index contributed by atoms with van der Waals surface area (Å²) in [5, 5.41) is 12.8. The topological polar surface area (TPSA) is 113 Å². The second-order valence-corrected chi connectivity index (χ2v) is 8.64. The van der Waals surface area contributed by atoms with Crippen molar-refractivity contribution in [1.29, 1.82) is 0 Å². The highest BCUT2D eigenvalue weighted by Crippen LogP contribution is 2.28. The maximum Gasteiger partial charge on any atom is 0.247 e. The van der Waals surface area contributed by atoms with Gasteiger partial charge in [-0.15, -0.1) is 0 Å². The van der Waals surface area contributed by atoms with Crippen molar-refractivity contribution < 1.29 is 14.3 Å². The summed E-state index contributed by atoms with van der Waals surface area (Å²) in [5.41, 5.74) is 3.30. The molecule has 4 rings (SSSR count). The monoisotopic (exact) mass is 503 g/mol. The number of carbonyl (C=O) groups excluding carboxylic acids is 1. The number of benzene rings is 2. The molecule has 1 atom stereocenters. The van der Waals surface area contributed by atoms with Crippen LogP contribution < -0.4 is 26.0 Å². The third kappa shape index (κ3) is 7.42. The van der Waals surface area contributed by atoms with E-state index >= 15 is 0 Å². The molecule has 194 valence electrons. The second kappa shape index (κ2) is 12.7. The molecular weight excluding hydrogens is 470 g/mol. The fourth-order valence-corrected chi connectivity index (χ4v) is 4.06. The van der Waals surface area contributed by atoms with Crippen LogP contribution in [-0.2, 0) is 9.53 Å². The maximum atomic E-state index is 11.6. The molecule has 1 fully saturated rings. The van der Waals surface area contributed by atoms with Gasteiger partial charge in [0.05, 0.1) is 19.9 Å². The minimum absolute atomic E-state index is 0.281. The molecular formula is C27H33N7O3. The number of hydrogen-bond acceptors (Lipinski definition) is 9. The molecule has 0 bridgehead atoms. The van der Waals surface area contributed by atoms with E-state index in [0.717, 1.165) is 49.7 Å². The van der Waals surface area contributed by atoms with Gasteiger partial charge in [0.15, 0.2) is 11.6 Å². The third-order valence-electron chi connectivity index (χ3n) is 5.95. The maximum absolute atomic E-state index is 11.6. The van der Waals surface area contributed by atoms with E-state index in [4.69, 9.17) is 9.47 Å². The van der Waals surface area contributed by atoms with E-state index in [1.54, 1.807) is 32.5 Å². The first kappa shape index (κ1) is 25.9. The van der Waals surface area contributed by atoms with Crippen molar-refractivity contribution in [1.82, 2.24) is 14.9 Å². The van der Waals surface area contributed by atoms with E-state index in [9.17, 15) is 4.79 Å². The number of ether oxygens (including phenoxy) is 2. The Labute approximate surface area is 217 Å². The first-order valence-electron chi connectivity index (χ1n) is 12.1. The lowest BCUT2D eigenvalue weighted by atomic mass is 10.2. The number of nitrogens with one attached hydrogen (secondary N) is 4. The molecule has 1 amide bonds. The number of methoxy groups -OCH3 is 2. The number of hydrogen-bond donors (Lipinski definition) is 4. The summed E-state index contributed by atoms with van der Waals surface area (Å²) < 4.78 is 10.6. The van der Waals surface area contributed by atoms with Crippen LogP contribution >= 0.6 is 0 Å². The zero-order valence-electron chi connectivity index (χ0n) is 21.2. The second-order valence-electron chi connectivity index (χ2n) is 8.64. The number of carbonyl (C=O) groups is 1. The summed E-state index contributed by atoms with van der Waals surface area (Å²) in [6, 6.07) is 15.8. The molecule has 0 spiro atoms. The van der Waals surface area contributed by atoms with Gasteiger partial charge in [0, 0.05) is 55.5 Å². The lowest BCUT2D eigenvalue weighted by molar-refractivity contribution is -0.111. The summed E-state index contributed by atoms with van der Waals surface area (Å²) in [4.78, 5) is 23.0. The molecule has 3 aromatic rings. The van der Waals surface area contributed by atoms with Crippen molar-refractivity contribution in [3.8, 4) is 5.75 Å². The molecule has 0 aliphatic carbocycles. The summed E-state index contributed by atoms with van der Waals surface area (Å²) in [6.07, 6.45) is 3.94. The number of aromatic nitrogens is 2. The van der Waals surface area contributed by atoms with E-state index in [2.05, 4.69) is 42.7 Å². The average Bonchev–Trinajstić information content (AvgIpc) is 3.36. The number of anilines is 6. The smallest absolute Gasteiger partial charge is 0.247 e. The van der Waals surface area contributed by atoms with Crippen molar-refractivity contribution in [2.24, 2.45) is 0 Å². The minimum Gasteiger partial charge on any atom is -0.491 e. The Balaban J connectivity index is 1.38. The molecule has 37 heavy (non-hydrogen) atoms. The molecule has 10 heteroatoms. The van der Waals surface area contributed by atoms with Crippen LogP contribution in [0.1, 0.15) is 6.42 Å². The van der Waals surface area contributed by atoms with E-state index in [0.29, 0.717) is 29.2 Å². The van der Waals surface area contributed by atoms with Gasteiger partial charge in [-0.25, -0.2) is 4.98 Å². The molecule has 1 aromatic heterocycles. The highest BCUT2D eigenvalue weighted by Gasteiger charge is 2.21. The van der Waals surface area contributed by atoms with Crippen LogP contribution in [0, 0.1) is 0 Å². The van der Waals surface area contributed by atoms with Gasteiger partial charge in [0.1, 0.15) is 0 Å². The van der Waals surface area contributed by atoms with Gasteiger partial charge in [-0.2, -0.15) is 4.98 Å². The fraction of sp³-hybridized carbons (Fsp3) is 0.296. The van der Waals surface area contributed by atoms with Gasteiger partial charge in [-0.1, -0.05) is 12.6 Å². The quantitative estimate of drug-likeness (QED) is 0.270. The predicted molar refractivity (Wildman–Crippen MR) is 147 cm³/mol. The number of nitrogens with zero attached hydrogens (tertiary/aromatic N) is 3. The highest BCUT2D eigenvalue weighted by atomic mass is 16.5. The van der Waals surface area contributed by atoms with Crippen molar-refractivity contribution in [3.05, 3.63) is 67.4 Å². The number of likely N-dealkylation sites (tertiary alicyclic amines) is 1. The lowest BCUT2D eigenvalue weighted by Gasteiger charge is -2.17. The zero-order chi connectivity index (χ0) is 26.0. The summed E-state index contributed by atoms with van der Waals surface area (Å²) in [6.45, 7) is 7.30. The highest BCUT2D eigenvalue weighted by molar-refractivity contribution is 5.99. The van der Waals surface area contributed by atoms with Crippen LogP contribution in [0.3, 0.4) is 0 Å². The molecule has 0 saturated carbocycles. The van der Waals surface area contributed by atoms with E-state index in [-0.39, 0.29) is 5.91 Å². The van der Waals surface area contributed by atoms with Gasteiger partial charge in [-0.05, 0) is 55.0 Å². The van der Waals surface area contributed by atoms with Crippen LogP contribution in [0.4, 0.5) is 34.5 Å². The van der Waals surface area contributed by atoms with Crippen molar-refractivity contribution in [3.63, 3.8) is 0 Å². The normalized spacial score (nSPS) is 15.1. The first-order chi connectivity index (χ1) is 18.1. The molecule has 1 aliphatic heterocycles. The molecule has 10 nitrogen and oxygen atoms in total. The molecule has 1 saturated heterocycles. The Kier molecular flexibility index (Phi) is 8.90. The van der Waals surface area contributed by atoms with Crippen LogP contribution in [0.15, 0.2) is 67.4 Å². The summed E-state index contributed by atoms with van der Waals surface area (Å²) in [5.74, 6) is 1.12. The predicted octanol–water partition coefficient (Wildman–Crippen LogP) is 4.23. The lowest BCUT2D eigenvalue weighted by Crippen LogP contribution is -2.28. The molecule has 4 N–H and O–H groups in total. The van der Waals surface area contributed by atoms with Gasteiger partial charge >= 0.3 is 0 Å². The Morgan fingerprint density at radius 2 is 1.89 bits per heavy atom. The van der Waals surface area contributed by atoms with Gasteiger partial charge in [0.25, 0.3) is 0 Å². The van der Waals surface area contributed by atoms with E-state index < -0.39 is 0 Å². The Morgan fingerprint density at radius 3 is 2.65 bits per heavy atom. The average molecular weight is 504 g/mol. The van der Waals surface area contributed by atoms with Gasteiger partial charge in [0.2, 0.25) is 11.9 Å². The summed E-state index contributed by atoms with van der Waals surface area (Å²) >= 11 is 0. The number of amides is 1. The zero-order valence-corrected chi connectivity index (χ0v) is 21.2. The first-order valence-corrected chi connectivity index (χ1v) is 12.1. The van der Waals surface area contributed by atoms with Gasteiger partial charge < -0.3 is 30.7 Å². The van der Waals surface area contributed by atoms with Crippen molar-refractivity contribution in [2.75, 3.05) is 61.7 Å². The van der Waals surface area contributed by atoms with E-state index in [1.165, 1.54) is 6.08 Å². The summed E-state index contributed by atoms with van der Waals surface area (Å²) in [7, 11) is 3.30. The SMILES string of the molecule is C=CC(=O)Nc1cccc(Nc2nc(Nc3ccc(N[C@H]4CCN(CCOC)C4)cc3)ncc2OC)c1. The van der Waals surface area contributed by atoms with Crippen LogP contribution in [0.5, 0.6) is 5.75 Å². The molecule has 0 unspecified atom stereocenters. The standard InChI is InChI=1S/C27H33N7O3/c1-4-25(35)30-21-6-5-7-22(16-21)31-26-24(37-3)17-28-27(33-26)32-20-10-8-19(9-11-20)29-23-12-13-34(18-23)14-15-36-2/h4-11,16-17,23,29H,1,12-15,18H2,2-3H3,(H,30,35)(H2,28,31,32,33)/t23-/m0/s1. The van der Waals surface area contributed by atoms with Gasteiger partial charge in [-0.3, -0.25) is 9.69 Å². The Morgan fingerprint density at radius 1 is 1.11 bits per heavy atom. The molecule has 2 aromatic carbocycles. The molecule has 1 aliphatic rings. The molecule has 0 radical (unpaired) electrons. The fourth-order valence-electron chi connectivity index (χ4n) is 4.06. The van der Waals surface area contributed by atoms with Crippen LogP contribution in [0.2, 0.25) is 0 Å². The van der Waals surface area contributed by atoms with Crippen LogP contribution in [0.25, 0.3) is 0 Å². The molecule has 2 heterocycles. The third-order valence-corrected chi connectivity index (χ3v) is 5.95. The van der Waals surface area contributed by atoms with Crippen molar-refractivity contribution in [2.45, 2.75) is 12.5 Å². The largest absolute Gasteiger partial charge is 0.491 e. The van der Waals surface area contributed by atoms with Crippen LogP contribution in [-0.4, -0.2) is 67.3 Å². The van der Waals surface area contributed by atoms with E-state index in [1.807, 2.05) is 36.4 Å². The Hall–Kier alpha value is -4.15. The van der Waals surface area contributed by atoms with Crippen molar-refractivity contribution >= 4 is 40.4 Å². The number of rotatable bonds is 12. The Bertz CT molecular complexity index is 1200. The minimum atomic E-state index is -0.281.